The Balaban J connectivity index is 1.62. The van der Waals surface area contributed by atoms with Crippen LogP contribution >= 0.6 is 11.6 Å². The van der Waals surface area contributed by atoms with E-state index < -0.39 is 23.8 Å². The van der Waals surface area contributed by atoms with Crippen LogP contribution in [0, 0.1) is 0 Å². The van der Waals surface area contributed by atoms with Gasteiger partial charge in [-0.25, -0.2) is 14.5 Å². The summed E-state index contributed by atoms with van der Waals surface area (Å²) in [4.78, 5) is 49.8. The maximum Gasteiger partial charge on any atom is 0.335 e. The third kappa shape index (κ3) is 4.82. The van der Waals surface area contributed by atoms with Gasteiger partial charge in [-0.15, -0.1) is 0 Å². The number of nitrogens with zero attached hydrogens (tertiary/aromatic N) is 1. The standard InChI is InChI=1S/C25H17ClN2O6/c26-18-9-5-15(6-10-18)14-34-21-4-2-1-3-17(21)13-20-22(29)27-25(33)28(23(20)30)19-11-7-16(8-12-19)24(31)32/h1-13H,14H2,(H,31,32)(H,27,29,33)/b20-13+. The lowest BCUT2D eigenvalue weighted by molar-refractivity contribution is -0.122. The van der Waals surface area contributed by atoms with Crippen LogP contribution in [0.3, 0.4) is 0 Å². The van der Waals surface area contributed by atoms with Gasteiger partial charge >= 0.3 is 12.0 Å². The number of rotatable bonds is 6. The van der Waals surface area contributed by atoms with E-state index in [0.29, 0.717) is 16.3 Å². The molecule has 0 unspecified atom stereocenters. The minimum absolute atomic E-state index is 0.00720. The molecule has 1 saturated heterocycles. The monoisotopic (exact) mass is 476 g/mol. The van der Waals surface area contributed by atoms with Crippen LogP contribution in [0.25, 0.3) is 6.08 Å². The zero-order chi connectivity index (χ0) is 24.2. The summed E-state index contributed by atoms with van der Waals surface area (Å²) in [6.07, 6.45) is 1.35. The number of barbiturate groups is 1. The first-order chi connectivity index (χ1) is 16.3. The average molecular weight is 477 g/mol. The summed E-state index contributed by atoms with van der Waals surface area (Å²) in [5.41, 5.74) is 1.18. The predicted molar refractivity (Wildman–Crippen MR) is 125 cm³/mol. The van der Waals surface area contributed by atoms with Gasteiger partial charge < -0.3 is 9.84 Å². The number of nitrogens with one attached hydrogen (secondary N) is 1. The van der Waals surface area contributed by atoms with Crippen molar-refractivity contribution in [2.24, 2.45) is 0 Å². The predicted octanol–water partition coefficient (Wildman–Crippen LogP) is 4.28. The van der Waals surface area contributed by atoms with Gasteiger partial charge in [-0.1, -0.05) is 41.9 Å². The first kappa shape index (κ1) is 22.8. The molecule has 1 aliphatic heterocycles. The first-order valence-electron chi connectivity index (χ1n) is 10.0. The average Bonchev–Trinajstić information content (AvgIpc) is 2.82. The number of ether oxygens (including phenoxy) is 1. The lowest BCUT2D eigenvalue weighted by Gasteiger charge is -2.26. The molecule has 1 fully saturated rings. The summed E-state index contributed by atoms with van der Waals surface area (Å²) < 4.78 is 5.88. The summed E-state index contributed by atoms with van der Waals surface area (Å²) in [5, 5.41) is 11.8. The molecule has 0 bridgehead atoms. The number of anilines is 1. The van der Waals surface area contributed by atoms with Gasteiger partial charge in [0.05, 0.1) is 11.3 Å². The number of imide groups is 2. The molecule has 4 amide bonds. The molecule has 1 aliphatic rings. The summed E-state index contributed by atoms with van der Waals surface area (Å²) >= 11 is 5.91. The van der Waals surface area contributed by atoms with Crippen molar-refractivity contribution in [3.05, 3.63) is 100 Å². The van der Waals surface area contributed by atoms with Gasteiger partial charge in [0.1, 0.15) is 17.9 Å². The smallest absolute Gasteiger partial charge is 0.335 e. The zero-order valence-electron chi connectivity index (χ0n) is 17.5. The van der Waals surface area contributed by atoms with E-state index in [4.69, 9.17) is 21.4 Å². The number of carboxylic acid groups (broad SMARTS) is 1. The van der Waals surface area contributed by atoms with Crippen LogP contribution in [0.4, 0.5) is 10.5 Å². The second-order valence-corrected chi connectivity index (χ2v) is 7.70. The Kier molecular flexibility index (Phi) is 6.42. The number of aromatic carboxylic acids is 1. The molecular formula is C25H17ClN2O6. The Bertz CT molecular complexity index is 1320. The number of carbonyl (C=O) groups is 4. The summed E-state index contributed by atoms with van der Waals surface area (Å²) in [7, 11) is 0. The van der Waals surface area contributed by atoms with E-state index in [9.17, 15) is 19.2 Å². The fourth-order valence-electron chi connectivity index (χ4n) is 3.27. The van der Waals surface area contributed by atoms with Crippen LogP contribution in [-0.4, -0.2) is 28.9 Å². The molecule has 3 aromatic carbocycles. The third-order valence-electron chi connectivity index (χ3n) is 5.00. The van der Waals surface area contributed by atoms with E-state index >= 15 is 0 Å². The number of carboxylic acids is 1. The van der Waals surface area contributed by atoms with E-state index in [1.54, 1.807) is 36.4 Å². The molecule has 9 heteroatoms. The molecule has 2 N–H and O–H groups in total. The fraction of sp³-hybridized carbons (Fsp3) is 0.0400. The number of para-hydroxylation sites is 1. The van der Waals surface area contributed by atoms with Crippen molar-refractivity contribution in [2.45, 2.75) is 6.61 Å². The second kappa shape index (κ2) is 9.60. The largest absolute Gasteiger partial charge is 0.488 e. The van der Waals surface area contributed by atoms with Gasteiger partial charge in [-0.2, -0.15) is 0 Å². The SMILES string of the molecule is O=C1NC(=O)N(c2ccc(C(=O)O)cc2)C(=O)/C1=C/c1ccccc1OCc1ccc(Cl)cc1. The van der Waals surface area contributed by atoms with Crippen molar-refractivity contribution in [2.75, 3.05) is 4.90 Å². The highest BCUT2D eigenvalue weighted by molar-refractivity contribution is 6.39. The highest BCUT2D eigenvalue weighted by Gasteiger charge is 2.37. The van der Waals surface area contributed by atoms with Crippen molar-refractivity contribution >= 4 is 47.2 Å². The molecule has 8 nitrogen and oxygen atoms in total. The quantitative estimate of drug-likeness (QED) is 0.405. The van der Waals surface area contributed by atoms with Gasteiger partial charge in [-0.3, -0.25) is 14.9 Å². The Labute approximate surface area is 199 Å². The number of amides is 4. The number of hydrogen-bond acceptors (Lipinski definition) is 5. The van der Waals surface area contributed by atoms with Crippen LogP contribution in [0.15, 0.2) is 78.4 Å². The third-order valence-corrected chi connectivity index (χ3v) is 5.25. The molecule has 0 atom stereocenters. The lowest BCUT2D eigenvalue weighted by Crippen LogP contribution is -2.54. The molecule has 4 rings (SSSR count). The molecular weight excluding hydrogens is 460 g/mol. The second-order valence-electron chi connectivity index (χ2n) is 7.26. The molecule has 0 radical (unpaired) electrons. The van der Waals surface area contributed by atoms with Crippen molar-refractivity contribution in [3.63, 3.8) is 0 Å². The Morgan fingerprint density at radius 2 is 1.65 bits per heavy atom. The number of benzene rings is 3. The molecule has 170 valence electrons. The van der Waals surface area contributed by atoms with Gasteiger partial charge in [0.15, 0.2) is 0 Å². The highest BCUT2D eigenvalue weighted by atomic mass is 35.5. The molecule has 0 saturated carbocycles. The highest BCUT2D eigenvalue weighted by Crippen LogP contribution is 2.26. The molecule has 0 spiro atoms. The van der Waals surface area contributed by atoms with E-state index in [1.165, 1.54) is 30.3 Å². The lowest BCUT2D eigenvalue weighted by atomic mass is 10.1. The van der Waals surface area contributed by atoms with E-state index in [-0.39, 0.29) is 23.4 Å². The van der Waals surface area contributed by atoms with Gasteiger partial charge in [0.25, 0.3) is 11.8 Å². The van der Waals surface area contributed by atoms with E-state index in [2.05, 4.69) is 5.32 Å². The van der Waals surface area contributed by atoms with Crippen LogP contribution in [0.5, 0.6) is 5.75 Å². The molecule has 34 heavy (non-hydrogen) atoms. The first-order valence-corrected chi connectivity index (χ1v) is 10.4. The number of halogens is 1. The van der Waals surface area contributed by atoms with Crippen molar-refractivity contribution in [3.8, 4) is 5.75 Å². The molecule has 0 aromatic heterocycles. The number of urea groups is 1. The molecule has 3 aromatic rings. The van der Waals surface area contributed by atoms with Crippen molar-refractivity contribution in [1.82, 2.24) is 5.32 Å². The number of carbonyl (C=O) groups excluding carboxylic acids is 3. The van der Waals surface area contributed by atoms with Gasteiger partial charge in [0, 0.05) is 10.6 Å². The van der Waals surface area contributed by atoms with Crippen LogP contribution < -0.4 is 15.0 Å². The summed E-state index contributed by atoms with van der Waals surface area (Å²) in [6.45, 7) is 0.234. The molecule has 1 heterocycles. The Morgan fingerprint density at radius 1 is 0.971 bits per heavy atom. The van der Waals surface area contributed by atoms with E-state index in [1.807, 2.05) is 12.1 Å². The van der Waals surface area contributed by atoms with Crippen LogP contribution in [0.1, 0.15) is 21.5 Å². The summed E-state index contributed by atoms with van der Waals surface area (Å²) in [6, 6.07) is 18.2. The maximum atomic E-state index is 13.1. The minimum atomic E-state index is -1.15. The maximum absolute atomic E-state index is 13.1. The van der Waals surface area contributed by atoms with Crippen LogP contribution in [-0.2, 0) is 16.2 Å². The zero-order valence-corrected chi connectivity index (χ0v) is 18.3. The topological polar surface area (TPSA) is 113 Å². The van der Waals surface area contributed by atoms with Crippen LogP contribution in [0.2, 0.25) is 5.02 Å². The van der Waals surface area contributed by atoms with Gasteiger partial charge in [0.2, 0.25) is 0 Å². The van der Waals surface area contributed by atoms with Crippen molar-refractivity contribution < 1.29 is 29.0 Å². The molecule has 0 aliphatic carbocycles. The van der Waals surface area contributed by atoms with Crippen molar-refractivity contribution in [1.29, 1.82) is 0 Å². The Hall–Kier alpha value is -4.43. The Morgan fingerprint density at radius 3 is 2.32 bits per heavy atom. The van der Waals surface area contributed by atoms with E-state index in [0.717, 1.165) is 10.5 Å². The van der Waals surface area contributed by atoms with Gasteiger partial charge in [-0.05, 0) is 54.1 Å². The summed E-state index contributed by atoms with van der Waals surface area (Å²) in [5.74, 6) is -2.41. The number of hydrogen-bond donors (Lipinski definition) is 2. The minimum Gasteiger partial charge on any atom is -0.488 e. The normalized spacial score (nSPS) is 14.8. The fourth-order valence-corrected chi connectivity index (χ4v) is 3.40.